The van der Waals surface area contributed by atoms with Crippen LogP contribution in [0.1, 0.15) is 32.1 Å². The summed E-state index contributed by atoms with van der Waals surface area (Å²) in [4.78, 5) is 4.15. The molecule has 2 nitrogen and oxygen atoms in total. The predicted molar refractivity (Wildman–Crippen MR) is 88.4 cm³/mol. The highest BCUT2D eigenvalue weighted by Gasteiger charge is 2.26. The minimum Gasteiger partial charge on any atom is -0.333 e. The smallest absolute Gasteiger partial charge is 0.0948 e. The van der Waals surface area contributed by atoms with E-state index in [9.17, 15) is 0 Å². The molecule has 110 valence electrons. The van der Waals surface area contributed by atoms with Crippen LogP contribution in [0, 0.1) is 5.92 Å². The van der Waals surface area contributed by atoms with Crippen molar-refractivity contribution in [2.24, 2.45) is 5.92 Å². The summed E-state index contributed by atoms with van der Waals surface area (Å²) >= 11 is 0. The molecule has 3 aliphatic rings. The second-order valence-electron chi connectivity index (χ2n) is 6.03. The summed E-state index contributed by atoms with van der Waals surface area (Å²) in [6.45, 7) is 0.990. The number of imidazole rings is 1. The SMILES string of the molecule is C1=CC2C=C(Cn3ccnc3)CCC3=C2C(=C1)CCC3.Cl. The van der Waals surface area contributed by atoms with E-state index in [1.807, 2.05) is 12.5 Å². The molecule has 0 spiro atoms. The Kier molecular flexibility index (Phi) is 4.16. The van der Waals surface area contributed by atoms with Gasteiger partial charge >= 0.3 is 0 Å². The third-order valence-electron chi connectivity index (χ3n) is 4.71. The zero-order valence-electron chi connectivity index (χ0n) is 12.2. The van der Waals surface area contributed by atoms with Crippen molar-refractivity contribution >= 4 is 12.4 Å². The third-order valence-corrected chi connectivity index (χ3v) is 4.71. The molecule has 0 saturated carbocycles. The second-order valence-corrected chi connectivity index (χ2v) is 6.03. The molecule has 0 N–H and O–H groups in total. The van der Waals surface area contributed by atoms with Gasteiger partial charge in [0.25, 0.3) is 0 Å². The fourth-order valence-corrected chi connectivity index (χ4v) is 3.79. The average Bonchev–Trinajstić information content (AvgIpc) is 2.91. The zero-order chi connectivity index (χ0) is 13.4. The van der Waals surface area contributed by atoms with Crippen molar-refractivity contribution in [2.45, 2.75) is 38.6 Å². The predicted octanol–water partition coefficient (Wildman–Crippen LogP) is 4.62. The Labute approximate surface area is 132 Å². The summed E-state index contributed by atoms with van der Waals surface area (Å²) in [6, 6.07) is 0. The van der Waals surface area contributed by atoms with Gasteiger partial charge in [0.2, 0.25) is 0 Å². The van der Waals surface area contributed by atoms with E-state index in [1.54, 1.807) is 22.3 Å². The van der Waals surface area contributed by atoms with E-state index in [2.05, 4.69) is 40.1 Å². The van der Waals surface area contributed by atoms with Crippen molar-refractivity contribution in [3.63, 3.8) is 0 Å². The van der Waals surface area contributed by atoms with Crippen molar-refractivity contribution < 1.29 is 0 Å². The number of hydrogen-bond donors (Lipinski definition) is 0. The molecule has 0 aromatic carbocycles. The molecule has 0 aliphatic heterocycles. The molecule has 0 amide bonds. The number of aromatic nitrogens is 2. The molecule has 3 aliphatic carbocycles. The first-order valence-corrected chi connectivity index (χ1v) is 7.65. The van der Waals surface area contributed by atoms with E-state index in [0.29, 0.717) is 5.92 Å². The monoisotopic (exact) mass is 300 g/mol. The fourth-order valence-electron chi connectivity index (χ4n) is 3.79. The van der Waals surface area contributed by atoms with Crippen LogP contribution in [0.3, 0.4) is 0 Å². The van der Waals surface area contributed by atoms with Gasteiger partial charge in [0.15, 0.2) is 0 Å². The normalized spacial score (nSPS) is 23.7. The van der Waals surface area contributed by atoms with Crippen LogP contribution in [0.5, 0.6) is 0 Å². The topological polar surface area (TPSA) is 17.8 Å². The van der Waals surface area contributed by atoms with Crippen LogP contribution in [0.15, 0.2) is 65.3 Å². The number of nitrogens with zero attached hydrogens (tertiary/aromatic N) is 2. The van der Waals surface area contributed by atoms with Crippen molar-refractivity contribution in [2.75, 3.05) is 0 Å². The van der Waals surface area contributed by atoms with Crippen LogP contribution < -0.4 is 0 Å². The van der Waals surface area contributed by atoms with Gasteiger partial charge < -0.3 is 4.57 Å². The maximum atomic E-state index is 4.15. The molecular weight excluding hydrogens is 280 g/mol. The largest absolute Gasteiger partial charge is 0.333 e. The van der Waals surface area contributed by atoms with Crippen LogP contribution >= 0.6 is 12.4 Å². The van der Waals surface area contributed by atoms with Crippen molar-refractivity contribution in [1.82, 2.24) is 9.55 Å². The zero-order valence-corrected chi connectivity index (χ0v) is 13.0. The Morgan fingerprint density at radius 1 is 1.19 bits per heavy atom. The van der Waals surface area contributed by atoms with Crippen molar-refractivity contribution in [3.05, 3.63) is 65.3 Å². The van der Waals surface area contributed by atoms with Gasteiger partial charge in [-0.1, -0.05) is 35.5 Å². The van der Waals surface area contributed by atoms with Crippen LogP contribution in [-0.4, -0.2) is 9.55 Å². The molecule has 1 unspecified atom stereocenters. The summed E-state index contributed by atoms with van der Waals surface area (Å²) in [6.07, 6.45) is 21.6. The maximum Gasteiger partial charge on any atom is 0.0948 e. The maximum absolute atomic E-state index is 4.15. The van der Waals surface area contributed by atoms with E-state index >= 15 is 0 Å². The minimum absolute atomic E-state index is 0. The molecule has 0 saturated heterocycles. The van der Waals surface area contributed by atoms with Crippen LogP contribution in [0.25, 0.3) is 0 Å². The molecule has 0 fully saturated rings. The third kappa shape index (κ3) is 2.77. The van der Waals surface area contributed by atoms with Gasteiger partial charge in [0.05, 0.1) is 6.33 Å². The van der Waals surface area contributed by atoms with E-state index in [4.69, 9.17) is 0 Å². The molecular formula is C18H21ClN2. The van der Waals surface area contributed by atoms with Gasteiger partial charge in [-0.3, -0.25) is 0 Å². The van der Waals surface area contributed by atoms with Crippen LogP contribution in [-0.2, 0) is 6.54 Å². The quantitative estimate of drug-likeness (QED) is 0.729. The Morgan fingerprint density at radius 3 is 3.00 bits per heavy atom. The molecule has 1 aromatic heterocycles. The Balaban J connectivity index is 0.00000132. The van der Waals surface area contributed by atoms with E-state index in [1.165, 1.54) is 32.1 Å². The molecule has 21 heavy (non-hydrogen) atoms. The van der Waals surface area contributed by atoms with Gasteiger partial charge in [0.1, 0.15) is 0 Å². The summed E-state index contributed by atoms with van der Waals surface area (Å²) in [5, 5.41) is 0. The molecule has 0 radical (unpaired) electrons. The summed E-state index contributed by atoms with van der Waals surface area (Å²) in [7, 11) is 0. The Bertz CT molecular complexity index is 632. The van der Waals surface area contributed by atoms with E-state index in [-0.39, 0.29) is 12.4 Å². The lowest BCUT2D eigenvalue weighted by Crippen LogP contribution is -2.11. The lowest BCUT2D eigenvalue weighted by molar-refractivity contribution is 0.692. The first-order valence-electron chi connectivity index (χ1n) is 7.65. The summed E-state index contributed by atoms with van der Waals surface area (Å²) in [5.41, 5.74) is 6.51. The molecule has 0 bridgehead atoms. The summed E-state index contributed by atoms with van der Waals surface area (Å²) in [5.74, 6) is 0.520. The lowest BCUT2D eigenvalue weighted by Gasteiger charge is -2.27. The van der Waals surface area contributed by atoms with Gasteiger partial charge in [-0.15, -0.1) is 12.4 Å². The van der Waals surface area contributed by atoms with Gasteiger partial charge in [0, 0.05) is 24.9 Å². The first-order chi connectivity index (χ1) is 9.90. The molecule has 3 heteroatoms. The minimum atomic E-state index is 0. The highest BCUT2D eigenvalue weighted by atomic mass is 35.5. The van der Waals surface area contributed by atoms with Gasteiger partial charge in [-0.2, -0.15) is 0 Å². The Hall–Kier alpha value is -1.54. The van der Waals surface area contributed by atoms with E-state index < -0.39 is 0 Å². The lowest BCUT2D eigenvalue weighted by atomic mass is 9.78. The molecule has 1 aromatic rings. The van der Waals surface area contributed by atoms with Gasteiger partial charge in [-0.25, -0.2) is 4.98 Å². The summed E-state index contributed by atoms with van der Waals surface area (Å²) < 4.78 is 2.18. The average molecular weight is 301 g/mol. The van der Waals surface area contributed by atoms with Crippen LogP contribution in [0.4, 0.5) is 0 Å². The number of rotatable bonds is 2. The van der Waals surface area contributed by atoms with Crippen molar-refractivity contribution in [1.29, 1.82) is 0 Å². The van der Waals surface area contributed by atoms with Crippen LogP contribution in [0.2, 0.25) is 0 Å². The molecule has 1 atom stereocenters. The van der Waals surface area contributed by atoms with Crippen molar-refractivity contribution in [3.8, 4) is 0 Å². The Morgan fingerprint density at radius 2 is 2.14 bits per heavy atom. The standard InChI is InChI=1S/C18H20N2.ClH/c1-3-15-4-2-6-17-11-14(12-20-10-9-19-13-20)7-8-16(5-1)18(15)17;/h2,4,6,9-11,13,17H,1,3,5,7-8,12H2;1H. The highest BCUT2D eigenvalue weighted by molar-refractivity contribution is 5.85. The highest BCUT2D eigenvalue weighted by Crippen LogP contribution is 2.42. The first kappa shape index (κ1) is 14.4. The molecule has 1 heterocycles. The fraction of sp³-hybridized carbons (Fsp3) is 0.389. The second kappa shape index (κ2) is 6.07. The number of allylic oxidation sites excluding steroid dienone is 8. The number of hydrogen-bond acceptors (Lipinski definition) is 1. The number of halogens is 1. The van der Waals surface area contributed by atoms with E-state index in [0.717, 1.165) is 6.54 Å². The molecule has 4 rings (SSSR count). The van der Waals surface area contributed by atoms with Gasteiger partial charge in [-0.05, 0) is 43.3 Å².